The van der Waals surface area contributed by atoms with E-state index in [4.69, 9.17) is 9.47 Å². The second kappa shape index (κ2) is 6.48. The molecule has 4 heteroatoms. The van der Waals surface area contributed by atoms with Crippen LogP contribution in [0.15, 0.2) is 48.5 Å². The Morgan fingerprint density at radius 3 is 2.70 bits per heavy atom. The summed E-state index contributed by atoms with van der Waals surface area (Å²) in [6.45, 7) is 2.46. The number of hydrogen-bond donors (Lipinski definition) is 0. The molecule has 0 N–H and O–H groups in total. The zero-order valence-electron chi connectivity index (χ0n) is 13.1. The molecule has 2 aromatic carbocycles. The Labute approximate surface area is 134 Å². The summed E-state index contributed by atoms with van der Waals surface area (Å²) in [5.41, 5.74) is 2.09. The second-order valence-corrected chi connectivity index (χ2v) is 5.04. The van der Waals surface area contributed by atoms with Crippen molar-refractivity contribution in [1.29, 1.82) is 0 Å². The molecule has 4 nitrogen and oxygen atoms in total. The van der Waals surface area contributed by atoms with Crippen LogP contribution in [-0.2, 0) is 0 Å². The molecule has 0 aliphatic rings. The first-order valence-corrected chi connectivity index (χ1v) is 7.43. The number of nitrogens with zero attached hydrogens (tertiary/aromatic N) is 1. The van der Waals surface area contributed by atoms with Gasteiger partial charge in [0.15, 0.2) is 0 Å². The number of methoxy groups -OCH3 is 1. The van der Waals surface area contributed by atoms with Crippen LogP contribution >= 0.6 is 0 Å². The van der Waals surface area contributed by atoms with Crippen molar-refractivity contribution in [2.24, 2.45) is 0 Å². The van der Waals surface area contributed by atoms with Crippen LogP contribution in [0.4, 0.5) is 0 Å². The molecule has 23 heavy (non-hydrogen) atoms. The highest BCUT2D eigenvalue weighted by Gasteiger charge is 2.14. The molecule has 0 radical (unpaired) electrons. The number of pyridine rings is 1. The summed E-state index contributed by atoms with van der Waals surface area (Å²) >= 11 is 0. The van der Waals surface area contributed by atoms with E-state index in [2.05, 4.69) is 4.98 Å². The van der Waals surface area contributed by atoms with Gasteiger partial charge in [0.1, 0.15) is 12.0 Å². The second-order valence-electron chi connectivity index (χ2n) is 5.04. The maximum atomic E-state index is 11.1. The molecular formula is C19H17NO3. The zero-order chi connectivity index (χ0) is 16.2. The third kappa shape index (κ3) is 2.88. The Bertz CT molecular complexity index is 858. The molecule has 0 aliphatic carbocycles. The van der Waals surface area contributed by atoms with Gasteiger partial charge in [-0.15, -0.1) is 0 Å². The normalized spacial score (nSPS) is 10.5. The molecule has 3 rings (SSSR count). The fourth-order valence-electron chi connectivity index (χ4n) is 2.59. The monoisotopic (exact) mass is 307 g/mol. The number of carbonyl (C=O) groups excluding carboxylic acids is 1. The summed E-state index contributed by atoms with van der Waals surface area (Å²) in [6.07, 6.45) is 0.817. The van der Waals surface area contributed by atoms with Gasteiger partial charge in [-0.1, -0.05) is 24.3 Å². The van der Waals surface area contributed by atoms with Gasteiger partial charge >= 0.3 is 0 Å². The van der Waals surface area contributed by atoms with Gasteiger partial charge in [0.2, 0.25) is 5.88 Å². The Balaban J connectivity index is 2.32. The van der Waals surface area contributed by atoms with Crippen molar-refractivity contribution in [2.45, 2.75) is 6.92 Å². The maximum absolute atomic E-state index is 11.1. The smallest absolute Gasteiger partial charge is 0.214 e. The minimum absolute atomic E-state index is 0.538. The molecule has 1 heterocycles. The molecule has 0 unspecified atom stereocenters. The minimum atomic E-state index is 0.538. The maximum Gasteiger partial charge on any atom is 0.214 e. The van der Waals surface area contributed by atoms with Crippen LogP contribution < -0.4 is 9.47 Å². The predicted molar refractivity (Wildman–Crippen MR) is 90.3 cm³/mol. The molecule has 0 fully saturated rings. The molecular weight excluding hydrogens is 290 g/mol. The van der Waals surface area contributed by atoms with Gasteiger partial charge in [0.25, 0.3) is 0 Å². The molecule has 0 saturated heterocycles. The first-order chi connectivity index (χ1) is 11.3. The first-order valence-electron chi connectivity index (χ1n) is 7.43. The third-order valence-corrected chi connectivity index (χ3v) is 3.62. The summed E-state index contributed by atoms with van der Waals surface area (Å²) in [5, 5.41) is 2.01. The lowest BCUT2D eigenvalue weighted by Crippen LogP contribution is -1.98. The van der Waals surface area contributed by atoms with Crippen molar-refractivity contribution in [2.75, 3.05) is 13.7 Å². The number of benzene rings is 2. The van der Waals surface area contributed by atoms with E-state index in [1.54, 1.807) is 25.3 Å². The third-order valence-electron chi connectivity index (χ3n) is 3.62. The van der Waals surface area contributed by atoms with E-state index in [0.717, 1.165) is 28.3 Å². The van der Waals surface area contributed by atoms with Gasteiger partial charge in [0, 0.05) is 22.6 Å². The number of ether oxygens (including phenoxy) is 2. The van der Waals surface area contributed by atoms with Crippen molar-refractivity contribution in [1.82, 2.24) is 4.98 Å². The van der Waals surface area contributed by atoms with E-state index >= 15 is 0 Å². The fraction of sp³-hybridized carbons (Fsp3) is 0.158. The van der Waals surface area contributed by atoms with E-state index in [0.29, 0.717) is 23.8 Å². The van der Waals surface area contributed by atoms with E-state index in [9.17, 15) is 4.79 Å². The molecule has 3 aromatic rings. The quantitative estimate of drug-likeness (QED) is 0.665. The van der Waals surface area contributed by atoms with Crippen LogP contribution in [0.2, 0.25) is 0 Å². The van der Waals surface area contributed by atoms with E-state index in [-0.39, 0.29) is 0 Å². The number of rotatable bonds is 5. The lowest BCUT2D eigenvalue weighted by Gasteiger charge is -2.13. The Kier molecular flexibility index (Phi) is 4.24. The SMILES string of the molecule is CCOc1cc2ccccc2c(-c2cc(C=O)ccc2OC)n1. The number of fused-ring (bicyclic) bond motifs is 1. The van der Waals surface area contributed by atoms with Crippen LogP contribution in [0.25, 0.3) is 22.0 Å². The number of carbonyl (C=O) groups is 1. The van der Waals surface area contributed by atoms with Crippen LogP contribution in [0.1, 0.15) is 17.3 Å². The Hall–Kier alpha value is -2.88. The van der Waals surface area contributed by atoms with Gasteiger partial charge in [-0.05, 0) is 30.5 Å². The molecule has 0 amide bonds. The van der Waals surface area contributed by atoms with Crippen molar-refractivity contribution >= 4 is 17.1 Å². The summed E-state index contributed by atoms with van der Waals surface area (Å²) in [6, 6.07) is 15.2. The van der Waals surface area contributed by atoms with Crippen LogP contribution in [0, 0.1) is 0 Å². The summed E-state index contributed by atoms with van der Waals surface area (Å²) in [7, 11) is 1.61. The lowest BCUT2D eigenvalue weighted by molar-refractivity contribution is 0.112. The number of aromatic nitrogens is 1. The highest BCUT2D eigenvalue weighted by atomic mass is 16.5. The van der Waals surface area contributed by atoms with Crippen molar-refractivity contribution in [3.05, 3.63) is 54.1 Å². The first kappa shape index (κ1) is 15.0. The summed E-state index contributed by atoms with van der Waals surface area (Å²) in [4.78, 5) is 15.8. The van der Waals surface area contributed by atoms with Crippen LogP contribution in [-0.4, -0.2) is 25.0 Å². The topological polar surface area (TPSA) is 48.4 Å². The number of hydrogen-bond acceptors (Lipinski definition) is 4. The number of aldehydes is 1. The predicted octanol–water partition coefficient (Wildman–Crippen LogP) is 4.12. The molecule has 116 valence electrons. The average Bonchev–Trinajstić information content (AvgIpc) is 2.60. The standard InChI is InChI=1S/C19H17NO3/c1-3-23-18-11-14-6-4-5-7-15(14)19(20-18)16-10-13(12-21)8-9-17(16)22-2/h4-12H,3H2,1-2H3. The van der Waals surface area contributed by atoms with Gasteiger partial charge in [-0.2, -0.15) is 0 Å². The van der Waals surface area contributed by atoms with Gasteiger partial charge in [-0.25, -0.2) is 4.98 Å². The molecule has 0 bridgehead atoms. The highest BCUT2D eigenvalue weighted by molar-refractivity contribution is 5.97. The lowest BCUT2D eigenvalue weighted by atomic mass is 10.0. The van der Waals surface area contributed by atoms with E-state index in [1.165, 1.54) is 0 Å². The molecule has 0 aliphatic heterocycles. The average molecular weight is 307 g/mol. The van der Waals surface area contributed by atoms with Crippen molar-refractivity contribution in [3.8, 4) is 22.9 Å². The summed E-state index contributed by atoms with van der Waals surface area (Å²) < 4.78 is 11.0. The molecule has 0 spiro atoms. The van der Waals surface area contributed by atoms with Crippen LogP contribution in [0.3, 0.4) is 0 Å². The van der Waals surface area contributed by atoms with E-state index in [1.807, 2.05) is 37.3 Å². The molecule has 1 aromatic heterocycles. The minimum Gasteiger partial charge on any atom is -0.496 e. The van der Waals surface area contributed by atoms with Gasteiger partial charge in [-0.3, -0.25) is 4.79 Å². The van der Waals surface area contributed by atoms with E-state index < -0.39 is 0 Å². The zero-order valence-corrected chi connectivity index (χ0v) is 13.1. The largest absolute Gasteiger partial charge is 0.496 e. The Morgan fingerprint density at radius 1 is 1.13 bits per heavy atom. The summed E-state index contributed by atoms with van der Waals surface area (Å²) in [5.74, 6) is 1.22. The fourth-order valence-corrected chi connectivity index (χ4v) is 2.59. The molecule has 0 atom stereocenters. The van der Waals surface area contributed by atoms with Crippen LogP contribution in [0.5, 0.6) is 11.6 Å². The van der Waals surface area contributed by atoms with Gasteiger partial charge < -0.3 is 9.47 Å². The highest BCUT2D eigenvalue weighted by Crippen LogP contribution is 2.35. The Morgan fingerprint density at radius 2 is 1.96 bits per heavy atom. The molecule has 0 saturated carbocycles. The van der Waals surface area contributed by atoms with Crippen molar-refractivity contribution < 1.29 is 14.3 Å². The van der Waals surface area contributed by atoms with Gasteiger partial charge in [0.05, 0.1) is 19.4 Å². The van der Waals surface area contributed by atoms with Crippen molar-refractivity contribution in [3.63, 3.8) is 0 Å².